The lowest BCUT2D eigenvalue weighted by Crippen LogP contribution is -2.45. The van der Waals surface area contributed by atoms with Gasteiger partial charge < -0.3 is 9.52 Å². The van der Waals surface area contributed by atoms with Crippen molar-refractivity contribution in [2.75, 3.05) is 25.0 Å². The zero-order valence-electron chi connectivity index (χ0n) is 12.7. The van der Waals surface area contributed by atoms with Crippen LogP contribution in [0.3, 0.4) is 0 Å². The van der Waals surface area contributed by atoms with E-state index in [9.17, 15) is 9.90 Å². The number of nitrogens with one attached hydrogen (secondary N) is 1. The molecule has 1 amide bonds. The normalized spacial score (nSPS) is 18.2. The van der Waals surface area contributed by atoms with E-state index in [0.29, 0.717) is 37.3 Å². The van der Waals surface area contributed by atoms with Gasteiger partial charge in [-0.3, -0.25) is 15.0 Å². The first-order chi connectivity index (χ1) is 9.82. The average Bonchev–Trinajstić information content (AvgIpc) is 2.67. The number of furan rings is 1. The van der Waals surface area contributed by atoms with Gasteiger partial charge in [0.1, 0.15) is 17.4 Å². The molecule has 2 heterocycles. The summed E-state index contributed by atoms with van der Waals surface area (Å²) in [5.74, 6) is 0.652. The predicted octanol–water partition coefficient (Wildman–Crippen LogP) is 1.55. The van der Waals surface area contributed by atoms with Gasteiger partial charge in [0.2, 0.25) is 11.8 Å². The van der Waals surface area contributed by atoms with E-state index in [0.717, 1.165) is 5.56 Å². The SMILES string of the molecule is Cc1oc(NC(=O)CN2CCC(C)(O)CC2)c(C#N)c1C. The third kappa shape index (κ3) is 3.63. The predicted molar refractivity (Wildman–Crippen MR) is 77.8 cm³/mol. The number of piperidine rings is 1. The molecule has 1 fully saturated rings. The number of nitriles is 1. The molecule has 0 saturated carbocycles. The second-order valence-corrected chi connectivity index (χ2v) is 5.92. The molecule has 1 aromatic heterocycles. The minimum atomic E-state index is -0.629. The molecule has 1 aliphatic heterocycles. The van der Waals surface area contributed by atoms with Gasteiger partial charge in [0, 0.05) is 18.7 Å². The van der Waals surface area contributed by atoms with E-state index in [4.69, 9.17) is 9.68 Å². The summed E-state index contributed by atoms with van der Waals surface area (Å²) in [5.41, 5.74) is 0.500. The highest BCUT2D eigenvalue weighted by molar-refractivity contribution is 5.92. The van der Waals surface area contributed by atoms with E-state index in [1.165, 1.54) is 0 Å². The number of hydrogen-bond acceptors (Lipinski definition) is 5. The molecule has 0 atom stereocenters. The van der Waals surface area contributed by atoms with E-state index >= 15 is 0 Å². The highest BCUT2D eigenvalue weighted by Gasteiger charge is 2.28. The van der Waals surface area contributed by atoms with Gasteiger partial charge in [-0.2, -0.15) is 5.26 Å². The lowest BCUT2D eigenvalue weighted by molar-refractivity contribution is -0.118. The summed E-state index contributed by atoms with van der Waals surface area (Å²) >= 11 is 0. The Morgan fingerprint density at radius 3 is 2.67 bits per heavy atom. The van der Waals surface area contributed by atoms with Crippen molar-refractivity contribution in [1.82, 2.24) is 4.90 Å². The van der Waals surface area contributed by atoms with E-state index in [-0.39, 0.29) is 18.3 Å². The van der Waals surface area contributed by atoms with Crippen molar-refractivity contribution >= 4 is 11.8 Å². The lowest BCUT2D eigenvalue weighted by atomic mass is 9.94. The topological polar surface area (TPSA) is 89.5 Å². The molecule has 114 valence electrons. The van der Waals surface area contributed by atoms with Crippen LogP contribution in [-0.2, 0) is 4.79 Å². The zero-order valence-corrected chi connectivity index (χ0v) is 12.7. The summed E-state index contributed by atoms with van der Waals surface area (Å²) in [5, 5.41) is 21.6. The quantitative estimate of drug-likeness (QED) is 0.882. The zero-order chi connectivity index (χ0) is 15.6. The molecule has 0 spiro atoms. The van der Waals surface area contributed by atoms with Crippen LogP contribution in [-0.4, -0.2) is 41.1 Å². The summed E-state index contributed by atoms with van der Waals surface area (Å²) in [6, 6.07) is 2.05. The van der Waals surface area contributed by atoms with Crippen molar-refractivity contribution in [3.8, 4) is 6.07 Å². The van der Waals surface area contributed by atoms with Crippen molar-refractivity contribution in [3.05, 3.63) is 16.9 Å². The molecular formula is C15H21N3O3. The van der Waals surface area contributed by atoms with Crippen LogP contribution >= 0.6 is 0 Å². The van der Waals surface area contributed by atoms with Crippen molar-refractivity contribution < 1.29 is 14.3 Å². The molecular weight excluding hydrogens is 270 g/mol. The largest absolute Gasteiger partial charge is 0.444 e. The van der Waals surface area contributed by atoms with Crippen molar-refractivity contribution in [2.45, 2.75) is 39.2 Å². The summed E-state index contributed by atoms with van der Waals surface area (Å²) < 4.78 is 5.42. The maximum atomic E-state index is 12.0. The Hall–Kier alpha value is -1.84. The number of amides is 1. The number of hydrogen-bond donors (Lipinski definition) is 2. The lowest BCUT2D eigenvalue weighted by Gasteiger charge is -2.35. The molecule has 6 heteroatoms. The first kappa shape index (κ1) is 15.5. The van der Waals surface area contributed by atoms with Crippen LogP contribution in [0.1, 0.15) is 36.7 Å². The Kier molecular flexibility index (Phi) is 4.35. The van der Waals surface area contributed by atoms with Crippen LogP contribution in [0.4, 0.5) is 5.88 Å². The van der Waals surface area contributed by atoms with E-state index in [1.54, 1.807) is 13.8 Å². The van der Waals surface area contributed by atoms with E-state index in [2.05, 4.69) is 5.32 Å². The number of nitrogens with zero attached hydrogens (tertiary/aromatic N) is 2. The van der Waals surface area contributed by atoms with Crippen LogP contribution in [0.25, 0.3) is 0 Å². The van der Waals surface area contributed by atoms with Gasteiger partial charge in [0.15, 0.2) is 0 Å². The van der Waals surface area contributed by atoms with Gasteiger partial charge in [0.25, 0.3) is 0 Å². The molecule has 1 aliphatic rings. The van der Waals surface area contributed by atoms with Gasteiger partial charge in [-0.15, -0.1) is 0 Å². The summed E-state index contributed by atoms with van der Waals surface area (Å²) in [6.45, 7) is 6.97. The van der Waals surface area contributed by atoms with E-state index < -0.39 is 5.60 Å². The molecule has 0 unspecified atom stereocenters. The average molecular weight is 291 g/mol. The van der Waals surface area contributed by atoms with Gasteiger partial charge >= 0.3 is 0 Å². The second kappa shape index (κ2) is 5.88. The van der Waals surface area contributed by atoms with Crippen molar-refractivity contribution in [3.63, 3.8) is 0 Å². The molecule has 2 rings (SSSR count). The Morgan fingerprint density at radius 1 is 1.48 bits per heavy atom. The van der Waals surface area contributed by atoms with Gasteiger partial charge in [0.05, 0.1) is 12.1 Å². The summed E-state index contributed by atoms with van der Waals surface area (Å²) in [6.07, 6.45) is 1.31. The fourth-order valence-corrected chi connectivity index (χ4v) is 2.41. The summed E-state index contributed by atoms with van der Waals surface area (Å²) in [4.78, 5) is 14.0. The van der Waals surface area contributed by atoms with Crippen molar-refractivity contribution in [2.24, 2.45) is 0 Å². The number of carbonyl (C=O) groups is 1. The molecule has 2 N–H and O–H groups in total. The molecule has 21 heavy (non-hydrogen) atoms. The fraction of sp³-hybridized carbons (Fsp3) is 0.600. The number of anilines is 1. The van der Waals surface area contributed by atoms with Gasteiger partial charge in [-0.25, -0.2) is 0 Å². The Labute approximate surface area is 124 Å². The standard InChI is InChI=1S/C15H21N3O3/c1-10-11(2)21-14(12(10)8-16)17-13(19)9-18-6-4-15(3,20)5-7-18/h20H,4-7,9H2,1-3H3,(H,17,19). The first-order valence-electron chi connectivity index (χ1n) is 7.07. The highest BCUT2D eigenvalue weighted by atomic mass is 16.4. The smallest absolute Gasteiger partial charge is 0.240 e. The number of rotatable bonds is 3. The van der Waals surface area contributed by atoms with Crippen LogP contribution in [0, 0.1) is 25.2 Å². The Balaban J connectivity index is 1.94. The number of aryl methyl sites for hydroxylation is 1. The molecule has 0 bridgehead atoms. The third-order valence-corrected chi connectivity index (χ3v) is 4.05. The minimum Gasteiger partial charge on any atom is -0.444 e. The fourth-order valence-electron chi connectivity index (χ4n) is 2.41. The van der Waals surface area contributed by atoms with Gasteiger partial charge in [-0.05, 0) is 33.6 Å². The molecule has 1 saturated heterocycles. The molecule has 1 aromatic rings. The number of aliphatic hydroxyl groups is 1. The third-order valence-electron chi connectivity index (χ3n) is 4.05. The number of likely N-dealkylation sites (tertiary alicyclic amines) is 1. The Morgan fingerprint density at radius 2 is 2.10 bits per heavy atom. The number of carbonyl (C=O) groups excluding carboxylic acids is 1. The summed E-state index contributed by atoms with van der Waals surface area (Å²) in [7, 11) is 0. The highest BCUT2D eigenvalue weighted by Crippen LogP contribution is 2.25. The Bertz CT molecular complexity index is 574. The van der Waals surface area contributed by atoms with Crippen molar-refractivity contribution in [1.29, 1.82) is 5.26 Å². The minimum absolute atomic E-state index is 0.207. The van der Waals surface area contributed by atoms with Crippen LogP contribution in [0.2, 0.25) is 0 Å². The molecule has 6 nitrogen and oxygen atoms in total. The maximum Gasteiger partial charge on any atom is 0.240 e. The van der Waals surface area contributed by atoms with Crippen LogP contribution in [0.5, 0.6) is 0 Å². The second-order valence-electron chi connectivity index (χ2n) is 5.92. The molecule has 0 aromatic carbocycles. The van der Waals surface area contributed by atoms with E-state index in [1.807, 2.05) is 17.9 Å². The molecule has 0 aliphatic carbocycles. The molecule has 0 radical (unpaired) electrons. The monoisotopic (exact) mass is 291 g/mol. The van der Waals surface area contributed by atoms with Crippen LogP contribution < -0.4 is 5.32 Å². The van der Waals surface area contributed by atoms with Crippen LogP contribution in [0.15, 0.2) is 4.42 Å². The van der Waals surface area contributed by atoms with Gasteiger partial charge in [-0.1, -0.05) is 0 Å². The maximum absolute atomic E-state index is 12.0. The first-order valence-corrected chi connectivity index (χ1v) is 7.07.